The second-order valence-corrected chi connectivity index (χ2v) is 7.28. The first-order chi connectivity index (χ1) is 13.1. The number of nitrogens with one attached hydrogen (secondary N) is 1. The molecule has 0 atom stereocenters. The molecule has 2 aromatic carbocycles. The first kappa shape index (κ1) is 17.5. The zero-order chi connectivity index (χ0) is 18.8. The Morgan fingerprint density at radius 3 is 2.59 bits per heavy atom. The third-order valence-electron chi connectivity index (χ3n) is 3.99. The number of thiazole rings is 1. The van der Waals surface area contributed by atoms with E-state index in [0.717, 1.165) is 21.8 Å². The molecule has 1 N–H and O–H groups in total. The van der Waals surface area contributed by atoms with Crippen LogP contribution in [0.15, 0.2) is 63.2 Å². The van der Waals surface area contributed by atoms with Crippen molar-refractivity contribution in [2.75, 3.05) is 0 Å². The molecule has 0 saturated carbocycles. The molecule has 0 amide bonds. The number of halogens is 1. The molecule has 27 heavy (non-hydrogen) atoms. The molecule has 4 aromatic rings. The lowest BCUT2D eigenvalue weighted by Gasteiger charge is -1.93. The SMILES string of the molecule is Cc1ccc(-[n+]2[nH]oc(=O)c2-c2csc(/C=C/c3ccc(Cl)cc3)n2)cc1. The smallest absolute Gasteiger partial charge is 0.282 e. The van der Waals surface area contributed by atoms with E-state index < -0.39 is 5.63 Å². The van der Waals surface area contributed by atoms with Crippen molar-refractivity contribution in [2.24, 2.45) is 0 Å². The fourth-order valence-electron chi connectivity index (χ4n) is 2.58. The Morgan fingerprint density at radius 1 is 1.11 bits per heavy atom. The molecule has 2 heterocycles. The Kier molecular flexibility index (Phi) is 4.75. The van der Waals surface area contributed by atoms with Crippen LogP contribution in [0.4, 0.5) is 0 Å². The van der Waals surface area contributed by atoms with Crippen molar-refractivity contribution in [1.29, 1.82) is 0 Å². The summed E-state index contributed by atoms with van der Waals surface area (Å²) in [5.74, 6) is 0. The quantitative estimate of drug-likeness (QED) is 0.516. The van der Waals surface area contributed by atoms with Crippen LogP contribution < -0.4 is 10.3 Å². The van der Waals surface area contributed by atoms with Crippen LogP contribution in [0, 0.1) is 6.92 Å². The topological polar surface area (TPSA) is 62.8 Å². The standard InChI is InChI=1S/C20H14ClN3O2S/c1-13-2-9-16(10-3-13)24-19(20(25)26-23-24)17-12-27-18(22-17)11-6-14-4-7-15(21)8-5-14/h2-12H,1H3/p+1/b11-6+. The summed E-state index contributed by atoms with van der Waals surface area (Å²) >= 11 is 7.35. The number of H-pyrrole nitrogens is 1. The molecule has 0 bridgehead atoms. The molecule has 0 aliphatic rings. The van der Waals surface area contributed by atoms with Crippen molar-refractivity contribution >= 4 is 35.1 Å². The first-order valence-electron chi connectivity index (χ1n) is 8.20. The van der Waals surface area contributed by atoms with Crippen molar-refractivity contribution in [2.45, 2.75) is 6.92 Å². The average Bonchev–Trinajstić information content (AvgIpc) is 3.28. The normalized spacial score (nSPS) is 11.3. The predicted octanol–water partition coefficient (Wildman–Crippen LogP) is 4.50. The van der Waals surface area contributed by atoms with Gasteiger partial charge in [0.2, 0.25) is 5.69 Å². The van der Waals surface area contributed by atoms with Gasteiger partial charge in [0.15, 0.2) is 5.69 Å². The maximum Gasteiger partial charge on any atom is 0.437 e. The molecule has 5 nitrogen and oxygen atoms in total. The second-order valence-electron chi connectivity index (χ2n) is 5.96. The van der Waals surface area contributed by atoms with Crippen LogP contribution in [-0.2, 0) is 0 Å². The van der Waals surface area contributed by atoms with E-state index in [-0.39, 0.29) is 0 Å². The summed E-state index contributed by atoms with van der Waals surface area (Å²) in [5.41, 5.74) is 3.41. The number of hydrogen-bond donors (Lipinski definition) is 1. The van der Waals surface area contributed by atoms with Crippen molar-refractivity contribution in [3.63, 3.8) is 0 Å². The molecule has 0 spiro atoms. The first-order valence-corrected chi connectivity index (χ1v) is 9.46. The molecule has 7 heteroatoms. The number of rotatable bonds is 4. The fraction of sp³-hybridized carbons (Fsp3) is 0.0500. The van der Waals surface area contributed by atoms with Gasteiger partial charge in [-0.15, -0.1) is 11.3 Å². The van der Waals surface area contributed by atoms with Crippen LogP contribution in [0.5, 0.6) is 0 Å². The number of hydrogen-bond acceptors (Lipinski definition) is 4. The Morgan fingerprint density at radius 2 is 1.85 bits per heavy atom. The van der Waals surface area contributed by atoms with Gasteiger partial charge in [-0.3, -0.25) is 4.52 Å². The summed E-state index contributed by atoms with van der Waals surface area (Å²) in [7, 11) is 0. The molecule has 0 unspecified atom stereocenters. The minimum Gasteiger partial charge on any atom is -0.282 e. The molecule has 0 aliphatic carbocycles. The average molecular weight is 397 g/mol. The molecule has 0 aliphatic heterocycles. The minimum absolute atomic E-state index is 0.362. The Hall–Kier alpha value is -2.96. The van der Waals surface area contributed by atoms with Gasteiger partial charge in [-0.25, -0.2) is 9.78 Å². The lowest BCUT2D eigenvalue weighted by Crippen LogP contribution is -2.36. The van der Waals surface area contributed by atoms with Gasteiger partial charge in [0.1, 0.15) is 5.01 Å². The van der Waals surface area contributed by atoms with Crippen LogP contribution in [0.3, 0.4) is 0 Å². The van der Waals surface area contributed by atoms with E-state index in [4.69, 9.17) is 16.1 Å². The highest BCUT2D eigenvalue weighted by Crippen LogP contribution is 2.20. The molecule has 0 fully saturated rings. The second kappa shape index (κ2) is 7.34. The number of nitrogens with zero attached hydrogens (tertiary/aromatic N) is 2. The van der Waals surface area contributed by atoms with Crippen molar-refractivity contribution in [3.05, 3.63) is 85.5 Å². The van der Waals surface area contributed by atoms with E-state index >= 15 is 0 Å². The summed E-state index contributed by atoms with van der Waals surface area (Å²) in [6, 6.07) is 15.3. The van der Waals surface area contributed by atoms with Crippen molar-refractivity contribution in [3.8, 4) is 17.1 Å². The van der Waals surface area contributed by atoms with E-state index in [2.05, 4.69) is 10.3 Å². The van der Waals surface area contributed by atoms with E-state index in [0.29, 0.717) is 16.4 Å². The highest BCUT2D eigenvalue weighted by molar-refractivity contribution is 7.10. The van der Waals surface area contributed by atoms with E-state index in [1.165, 1.54) is 11.3 Å². The van der Waals surface area contributed by atoms with Gasteiger partial charge >= 0.3 is 11.3 Å². The molecular weight excluding hydrogens is 382 g/mol. The molecular formula is C20H15ClN3O2S+. The lowest BCUT2D eigenvalue weighted by molar-refractivity contribution is -0.660. The summed E-state index contributed by atoms with van der Waals surface area (Å²) < 4.78 is 6.60. The van der Waals surface area contributed by atoms with Crippen LogP contribution >= 0.6 is 22.9 Å². The summed E-state index contributed by atoms with van der Waals surface area (Å²) in [6.45, 7) is 2.01. The van der Waals surface area contributed by atoms with E-state index in [9.17, 15) is 4.79 Å². The van der Waals surface area contributed by atoms with Crippen LogP contribution in [-0.4, -0.2) is 10.3 Å². The minimum atomic E-state index is -0.464. The Balaban J connectivity index is 1.66. The van der Waals surface area contributed by atoms with Gasteiger partial charge in [-0.05, 0) is 40.6 Å². The van der Waals surface area contributed by atoms with Gasteiger partial charge in [-0.1, -0.05) is 47.5 Å². The third kappa shape index (κ3) is 3.77. The molecule has 0 saturated heterocycles. The highest BCUT2D eigenvalue weighted by atomic mass is 35.5. The molecule has 2 aromatic heterocycles. The fourth-order valence-corrected chi connectivity index (χ4v) is 3.40. The summed E-state index contributed by atoms with van der Waals surface area (Å²) in [4.78, 5) is 16.8. The number of benzene rings is 2. The monoisotopic (exact) mass is 396 g/mol. The number of aromatic amines is 1. The van der Waals surface area contributed by atoms with E-state index in [1.54, 1.807) is 4.68 Å². The Labute approximate surface area is 164 Å². The van der Waals surface area contributed by atoms with Gasteiger partial charge in [-0.2, -0.15) is 0 Å². The summed E-state index contributed by atoms with van der Waals surface area (Å²) in [6.07, 6.45) is 3.86. The molecule has 4 rings (SSSR count). The van der Waals surface area contributed by atoms with E-state index in [1.807, 2.05) is 73.0 Å². The zero-order valence-electron chi connectivity index (χ0n) is 14.3. The van der Waals surface area contributed by atoms with Gasteiger partial charge in [0, 0.05) is 22.5 Å². The van der Waals surface area contributed by atoms with Crippen LogP contribution in [0.25, 0.3) is 29.2 Å². The van der Waals surface area contributed by atoms with Crippen molar-refractivity contribution < 1.29 is 9.20 Å². The van der Waals surface area contributed by atoms with Gasteiger partial charge < -0.3 is 0 Å². The molecule has 134 valence electrons. The maximum absolute atomic E-state index is 12.2. The Bertz CT molecular complexity index is 1160. The van der Waals surface area contributed by atoms with Gasteiger partial charge in [0.05, 0.1) is 0 Å². The summed E-state index contributed by atoms with van der Waals surface area (Å²) in [5, 5.41) is 5.97. The van der Waals surface area contributed by atoms with Gasteiger partial charge in [0.25, 0.3) is 0 Å². The largest absolute Gasteiger partial charge is 0.437 e. The highest BCUT2D eigenvalue weighted by Gasteiger charge is 2.27. The lowest BCUT2D eigenvalue weighted by atomic mass is 10.2. The molecule has 0 radical (unpaired) electrons. The number of aromatic nitrogens is 3. The predicted molar refractivity (Wildman–Crippen MR) is 107 cm³/mol. The zero-order valence-corrected chi connectivity index (χ0v) is 15.9. The third-order valence-corrected chi connectivity index (χ3v) is 5.05. The maximum atomic E-state index is 12.2. The van der Waals surface area contributed by atoms with Crippen molar-refractivity contribution in [1.82, 2.24) is 10.3 Å². The van der Waals surface area contributed by atoms with Crippen LogP contribution in [0.2, 0.25) is 5.02 Å². The number of aryl methyl sites for hydroxylation is 1. The van der Waals surface area contributed by atoms with Crippen LogP contribution in [0.1, 0.15) is 16.1 Å².